The van der Waals surface area contributed by atoms with E-state index >= 15 is 0 Å². The Morgan fingerprint density at radius 1 is 0.860 bits per heavy atom. The van der Waals surface area contributed by atoms with Crippen molar-refractivity contribution in [2.75, 3.05) is 64.8 Å². The Bertz CT molecular complexity index is 1220. The van der Waals surface area contributed by atoms with Crippen LogP contribution in [0.15, 0.2) is 6.07 Å². The van der Waals surface area contributed by atoms with Gasteiger partial charge in [0.1, 0.15) is 5.75 Å². The number of unbranched alkanes of at least 4 members (excludes halogenated alkanes) is 5. The number of nitrogens with zero attached hydrogens (tertiary/aromatic N) is 2. The van der Waals surface area contributed by atoms with Gasteiger partial charge in [-0.1, -0.05) is 24.4 Å². The number of ether oxygens (including phenoxy) is 1. The van der Waals surface area contributed by atoms with Crippen LogP contribution in [0, 0.1) is 0 Å². The summed E-state index contributed by atoms with van der Waals surface area (Å²) >= 11 is 6.28. The van der Waals surface area contributed by atoms with Gasteiger partial charge in [-0.25, -0.2) is 0 Å². The Labute approximate surface area is 303 Å². The fraction of sp³-hybridized carbons (Fsp3) is 0.757. The van der Waals surface area contributed by atoms with Gasteiger partial charge < -0.3 is 46.4 Å². The van der Waals surface area contributed by atoms with Gasteiger partial charge in [0.25, 0.3) is 5.91 Å². The summed E-state index contributed by atoms with van der Waals surface area (Å²) in [5.74, 6) is 0.673. The SMILES string of the molecule is Nc1c(Cl)cc(C(=O)NC2CCN(CCCCCC(=O)NC3CCN(CCCCCC(=O)NCCCCC(O)CO)CC3)CC2)c2c1CCO2. The minimum Gasteiger partial charge on any atom is -0.492 e. The van der Waals surface area contributed by atoms with Gasteiger partial charge in [0.2, 0.25) is 11.8 Å². The molecular formula is C37H61ClN6O6. The van der Waals surface area contributed by atoms with Crippen LogP contribution in [-0.2, 0) is 16.0 Å². The fourth-order valence-corrected chi connectivity index (χ4v) is 7.43. The summed E-state index contributed by atoms with van der Waals surface area (Å²) in [4.78, 5) is 42.5. The van der Waals surface area contributed by atoms with E-state index in [-0.39, 0.29) is 36.4 Å². The molecule has 3 aliphatic heterocycles. The van der Waals surface area contributed by atoms with Crippen molar-refractivity contribution < 1.29 is 29.3 Å². The summed E-state index contributed by atoms with van der Waals surface area (Å²) in [6.45, 7) is 6.88. The molecule has 3 amide bonds. The van der Waals surface area contributed by atoms with Crippen molar-refractivity contribution in [3.63, 3.8) is 0 Å². The lowest BCUT2D eigenvalue weighted by atomic mass is 10.0. The van der Waals surface area contributed by atoms with Gasteiger partial charge in [0.15, 0.2) is 0 Å². The van der Waals surface area contributed by atoms with E-state index in [4.69, 9.17) is 27.2 Å². The number of nitrogens with two attached hydrogens (primary N) is 1. The van der Waals surface area contributed by atoms with Gasteiger partial charge in [0, 0.05) is 69.6 Å². The van der Waals surface area contributed by atoms with Crippen molar-refractivity contribution >= 4 is 35.0 Å². The van der Waals surface area contributed by atoms with Gasteiger partial charge in [-0.2, -0.15) is 0 Å². The molecule has 0 saturated carbocycles. The van der Waals surface area contributed by atoms with Crippen molar-refractivity contribution in [3.8, 4) is 5.75 Å². The number of piperidine rings is 2. The molecule has 3 aliphatic rings. The van der Waals surface area contributed by atoms with Crippen LogP contribution in [0.3, 0.4) is 0 Å². The molecule has 2 saturated heterocycles. The van der Waals surface area contributed by atoms with E-state index in [1.165, 1.54) is 0 Å². The topological polar surface area (TPSA) is 169 Å². The summed E-state index contributed by atoms with van der Waals surface area (Å²) < 4.78 is 5.70. The number of hydrogen-bond acceptors (Lipinski definition) is 9. The number of amides is 3. The number of aliphatic hydroxyl groups is 2. The first kappa shape index (κ1) is 40.1. The number of benzene rings is 1. The zero-order valence-electron chi connectivity index (χ0n) is 29.9. The molecular weight excluding hydrogens is 660 g/mol. The fourth-order valence-electron chi connectivity index (χ4n) is 7.21. The highest BCUT2D eigenvalue weighted by Crippen LogP contribution is 2.38. The van der Waals surface area contributed by atoms with E-state index in [0.29, 0.717) is 60.9 Å². The second kappa shape index (κ2) is 21.7. The lowest BCUT2D eigenvalue weighted by Crippen LogP contribution is -2.45. The Morgan fingerprint density at radius 2 is 1.46 bits per heavy atom. The number of anilines is 1. The molecule has 0 aromatic heterocycles. The number of nitrogen functional groups attached to an aromatic ring is 1. The molecule has 1 aromatic carbocycles. The first-order valence-corrected chi connectivity index (χ1v) is 19.5. The summed E-state index contributed by atoms with van der Waals surface area (Å²) in [5.41, 5.74) is 7.88. The summed E-state index contributed by atoms with van der Waals surface area (Å²) in [6.07, 6.45) is 13.1. The number of likely N-dealkylation sites (tertiary alicyclic amines) is 2. The molecule has 2 fully saturated rings. The predicted octanol–water partition coefficient (Wildman–Crippen LogP) is 3.39. The molecule has 1 aromatic rings. The van der Waals surface area contributed by atoms with Crippen LogP contribution in [0.2, 0.25) is 5.02 Å². The van der Waals surface area contributed by atoms with Crippen LogP contribution in [-0.4, -0.2) is 115 Å². The lowest BCUT2D eigenvalue weighted by Gasteiger charge is -2.32. The van der Waals surface area contributed by atoms with Crippen LogP contribution in [0.25, 0.3) is 0 Å². The molecule has 1 unspecified atom stereocenters. The van der Waals surface area contributed by atoms with Crippen molar-refractivity contribution in [2.24, 2.45) is 0 Å². The highest BCUT2D eigenvalue weighted by atomic mass is 35.5. The Kier molecular flexibility index (Phi) is 17.4. The molecule has 1 atom stereocenters. The predicted molar refractivity (Wildman–Crippen MR) is 196 cm³/mol. The Hall–Kier alpha value is -2.64. The highest BCUT2D eigenvalue weighted by molar-refractivity contribution is 6.33. The van der Waals surface area contributed by atoms with E-state index in [0.717, 1.165) is 122 Å². The largest absolute Gasteiger partial charge is 0.492 e. The van der Waals surface area contributed by atoms with Crippen LogP contribution < -0.4 is 26.4 Å². The third-order valence-corrected chi connectivity index (χ3v) is 10.7. The van der Waals surface area contributed by atoms with Crippen LogP contribution in [0.5, 0.6) is 5.75 Å². The number of rotatable bonds is 21. The third kappa shape index (κ3) is 13.5. The number of aliphatic hydroxyl groups excluding tert-OH is 2. The second-order valence-electron chi connectivity index (χ2n) is 14.3. The zero-order chi connectivity index (χ0) is 35.7. The van der Waals surface area contributed by atoms with Crippen molar-refractivity contribution in [3.05, 3.63) is 22.2 Å². The molecule has 0 bridgehead atoms. The number of hydrogen-bond donors (Lipinski definition) is 6. The van der Waals surface area contributed by atoms with E-state index in [1.54, 1.807) is 6.07 Å². The van der Waals surface area contributed by atoms with Crippen LogP contribution in [0.4, 0.5) is 5.69 Å². The number of halogens is 1. The number of carbonyl (C=O) groups excluding carboxylic acids is 3. The van der Waals surface area contributed by atoms with Crippen LogP contribution in [0.1, 0.15) is 112 Å². The normalized spacial score (nSPS) is 18.0. The molecule has 282 valence electrons. The Morgan fingerprint density at radius 3 is 2.08 bits per heavy atom. The molecule has 50 heavy (non-hydrogen) atoms. The maximum atomic E-state index is 13.0. The first-order valence-electron chi connectivity index (χ1n) is 19.1. The van der Waals surface area contributed by atoms with Crippen molar-refractivity contribution in [1.29, 1.82) is 0 Å². The highest BCUT2D eigenvalue weighted by Gasteiger charge is 2.28. The van der Waals surface area contributed by atoms with Gasteiger partial charge in [-0.05, 0) is 89.8 Å². The average Bonchev–Trinajstić information content (AvgIpc) is 3.61. The zero-order valence-corrected chi connectivity index (χ0v) is 30.6. The molecule has 0 aliphatic carbocycles. The monoisotopic (exact) mass is 720 g/mol. The summed E-state index contributed by atoms with van der Waals surface area (Å²) in [5, 5.41) is 27.9. The number of nitrogens with one attached hydrogen (secondary N) is 3. The lowest BCUT2D eigenvalue weighted by molar-refractivity contribution is -0.122. The second-order valence-corrected chi connectivity index (χ2v) is 14.7. The Balaban J connectivity index is 0.954. The van der Waals surface area contributed by atoms with Crippen molar-refractivity contribution in [2.45, 2.75) is 121 Å². The van der Waals surface area contributed by atoms with Gasteiger partial charge >= 0.3 is 0 Å². The van der Waals surface area contributed by atoms with Crippen molar-refractivity contribution in [1.82, 2.24) is 25.8 Å². The molecule has 4 rings (SSSR count). The molecule has 3 heterocycles. The van der Waals surface area contributed by atoms with Gasteiger partial charge in [-0.3, -0.25) is 14.4 Å². The third-order valence-electron chi connectivity index (χ3n) is 10.3. The minimum atomic E-state index is -0.657. The smallest absolute Gasteiger partial charge is 0.255 e. The van der Waals surface area contributed by atoms with E-state index < -0.39 is 6.10 Å². The number of fused-ring (bicyclic) bond motifs is 1. The summed E-state index contributed by atoms with van der Waals surface area (Å²) in [6, 6.07) is 2.00. The van der Waals surface area contributed by atoms with Gasteiger partial charge in [0.05, 0.1) is 35.6 Å². The van der Waals surface area contributed by atoms with E-state index in [9.17, 15) is 19.5 Å². The average molecular weight is 721 g/mol. The minimum absolute atomic E-state index is 0.0879. The number of carbonyl (C=O) groups is 3. The first-order chi connectivity index (χ1) is 24.2. The maximum absolute atomic E-state index is 13.0. The molecule has 12 nitrogen and oxygen atoms in total. The molecule has 13 heteroatoms. The molecule has 0 spiro atoms. The van der Waals surface area contributed by atoms with E-state index in [1.807, 2.05) is 0 Å². The van der Waals surface area contributed by atoms with Crippen LogP contribution >= 0.6 is 11.6 Å². The van der Waals surface area contributed by atoms with E-state index in [2.05, 4.69) is 25.8 Å². The maximum Gasteiger partial charge on any atom is 0.255 e. The summed E-state index contributed by atoms with van der Waals surface area (Å²) in [7, 11) is 0. The quantitative estimate of drug-likeness (QED) is 0.0824. The molecule has 7 N–H and O–H groups in total. The van der Waals surface area contributed by atoms with Gasteiger partial charge in [-0.15, -0.1) is 0 Å². The standard InChI is InChI=1S/C37H61ClN6O6/c38-32-25-31(36-30(35(32)39)16-24-50-36)37(49)42-28-14-22-44(23-15-28)19-8-2-4-11-34(48)41-27-12-20-43(21-13-27)18-7-1-3-10-33(47)40-17-6-5-9-29(46)26-45/h25,27-29,45-46H,1-24,26,39H2,(H,40,47)(H,41,48)(H,42,49). The molecule has 0 radical (unpaired) electrons.